The molecular weight excluding hydrogens is 505 g/mol. The molecule has 1 N–H and O–H groups in total. The fourth-order valence-corrected chi connectivity index (χ4v) is 5.67. The van der Waals surface area contributed by atoms with Crippen LogP contribution in [0.4, 0.5) is 5.82 Å². The first-order valence-corrected chi connectivity index (χ1v) is 13.7. The highest BCUT2D eigenvalue weighted by Crippen LogP contribution is 2.27. The molecule has 3 heterocycles. The van der Waals surface area contributed by atoms with Gasteiger partial charge >= 0.3 is 0 Å². The SMILES string of the molecule is O=C(NCc1ccccc1)c1cnc(N2CCN(C3CCN(Cc4ccc(Cl)cc4)CC3)CC2)c(Cl)c1.[HH]. The Balaban J connectivity index is 0.00000336. The molecule has 2 saturated heterocycles. The van der Waals surface area contributed by atoms with Crippen LogP contribution < -0.4 is 10.2 Å². The largest absolute Gasteiger partial charge is 0.353 e. The number of piperazine rings is 1. The van der Waals surface area contributed by atoms with Crippen LogP contribution in [0.2, 0.25) is 10.0 Å². The molecular formula is C29H35Cl2N5O. The van der Waals surface area contributed by atoms with Crippen LogP contribution in [0.3, 0.4) is 0 Å². The quantitative estimate of drug-likeness (QED) is 0.438. The summed E-state index contributed by atoms with van der Waals surface area (Å²) in [5, 5.41) is 4.25. The van der Waals surface area contributed by atoms with Crippen molar-refractivity contribution < 1.29 is 6.22 Å². The predicted octanol–water partition coefficient (Wildman–Crippen LogP) is 5.35. The summed E-state index contributed by atoms with van der Waals surface area (Å²) in [6, 6.07) is 20.4. The summed E-state index contributed by atoms with van der Waals surface area (Å²) in [4.78, 5) is 24.5. The maximum Gasteiger partial charge on any atom is 0.253 e. The van der Waals surface area contributed by atoms with E-state index in [9.17, 15) is 4.79 Å². The molecule has 8 heteroatoms. The van der Waals surface area contributed by atoms with E-state index in [0.29, 0.717) is 23.2 Å². The lowest BCUT2D eigenvalue weighted by atomic mass is 10.0. The van der Waals surface area contributed by atoms with E-state index in [2.05, 4.69) is 37.1 Å². The molecule has 0 saturated carbocycles. The normalized spacial score (nSPS) is 17.6. The molecule has 2 fully saturated rings. The minimum atomic E-state index is -0.169. The van der Waals surface area contributed by atoms with Gasteiger partial charge < -0.3 is 10.2 Å². The molecule has 6 nitrogen and oxygen atoms in total. The average Bonchev–Trinajstić information content (AvgIpc) is 2.94. The maximum absolute atomic E-state index is 12.6. The summed E-state index contributed by atoms with van der Waals surface area (Å²) in [6.07, 6.45) is 4.02. The second-order valence-corrected chi connectivity index (χ2v) is 10.7. The van der Waals surface area contributed by atoms with Crippen molar-refractivity contribution in [2.45, 2.75) is 32.0 Å². The van der Waals surface area contributed by atoms with Gasteiger partial charge in [-0.15, -0.1) is 0 Å². The predicted molar refractivity (Wildman–Crippen MR) is 153 cm³/mol. The Labute approximate surface area is 230 Å². The van der Waals surface area contributed by atoms with Crippen molar-refractivity contribution >= 4 is 34.9 Å². The van der Waals surface area contributed by atoms with Crippen LogP contribution in [0.1, 0.15) is 35.8 Å². The van der Waals surface area contributed by atoms with Gasteiger partial charge in [-0.2, -0.15) is 0 Å². The minimum absolute atomic E-state index is 0. The molecule has 0 atom stereocenters. The molecule has 5 rings (SSSR count). The Morgan fingerprint density at radius 2 is 1.62 bits per heavy atom. The lowest BCUT2D eigenvalue weighted by Gasteiger charge is -2.43. The number of rotatable bonds is 7. The van der Waals surface area contributed by atoms with Crippen LogP contribution in [0, 0.1) is 0 Å². The number of nitrogens with one attached hydrogen (secondary N) is 1. The van der Waals surface area contributed by atoms with E-state index in [1.165, 1.54) is 18.4 Å². The molecule has 0 radical (unpaired) electrons. The highest BCUT2D eigenvalue weighted by atomic mass is 35.5. The van der Waals surface area contributed by atoms with Crippen LogP contribution in [0.5, 0.6) is 0 Å². The van der Waals surface area contributed by atoms with E-state index >= 15 is 0 Å². The zero-order valence-corrected chi connectivity index (χ0v) is 22.5. The number of piperidine rings is 1. The summed E-state index contributed by atoms with van der Waals surface area (Å²) in [6.45, 7) is 7.47. The third-order valence-corrected chi connectivity index (χ3v) is 7.92. The van der Waals surface area contributed by atoms with Gasteiger partial charge in [-0.1, -0.05) is 65.7 Å². The summed E-state index contributed by atoms with van der Waals surface area (Å²) in [5.41, 5.74) is 2.85. The number of aromatic nitrogens is 1. The topological polar surface area (TPSA) is 51.7 Å². The average molecular weight is 541 g/mol. The van der Waals surface area contributed by atoms with Gasteiger partial charge in [-0.05, 0) is 55.3 Å². The van der Waals surface area contributed by atoms with Crippen molar-refractivity contribution in [3.63, 3.8) is 0 Å². The van der Waals surface area contributed by atoms with Crippen LogP contribution >= 0.6 is 23.2 Å². The molecule has 0 bridgehead atoms. The number of likely N-dealkylation sites (tertiary alicyclic amines) is 1. The smallest absolute Gasteiger partial charge is 0.253 e. The Kier molecular flexibility index (Phi) is 8.62. The molecule has 0 unspecified atom stereocenters. The van der Waals surface area contributed by atoms with Crippen molar-refractivity contribution in [2.24, 2.45) is 0 Å². The van der Waals surface area contributed by atoms with E-state index in [0.717, 1.165) is 62.2 Å². The summed E-state index contributed by atoms with van der Waals surface area (Å²) >= 11 is 12.6. The highest BCUT2D eigenvalue weighted by Gasteiger charge is 2.28. The first-order valence-electron chi connectivity index (χ1n) is 13.0. The van der Waals surface area contributed by atoms with Gasteiger partial charge in [-0.25, -0.2) is 4.98 Å². The summed E-state index contributed by atoms with van der Waals surface area (Å²) in [5.74, 6) is 0.593. The third kappa shape index (κ3) is 6.82. The Hall–Kier alpha value is -2.64. The molecule has 1 amide bonds. The van der Waals surface area contributed by atoms with Crippen molar-refractivity contribution in [1.29, 1.82) is 0 Å². The van der Waals surface area contributed by atoms with Gasteiger partial charge in [0.25, 0.3) is 5.91 Å². The summed E-state index contributed by atoms with van der Waals surface area (Å²) in [7, 11) is 0. The van der Waals surface area contributed by atoms with E-state index in [-0.39, 0.29) is 7.33 Å². The summed E-state index contributed by atoms with van der Waals surface area (Å²) < 4.78 is 0. The van der Waals surface area contributed by atoms with Crippen LogP contribution in [-0.2, 0) is 13.1 Å². The second kappa shape index (κ2) is 12.3. The molecule has 2 aromatic carbocycles. The molecule has 2 aliphatic rings. The maximum atomic E-state index is 12.6. The number of amides is 1. The molecule has 0 spiro atoms. The van der Waals surface area contributed by atoms with Crippen LogP contribution in [0.15, 0.2) is 66.9 Å². The van der Waals surface area contributed by atoms with E-state index < -0.39 is 0 Å². The first kappa shape index (κ1) is 26.0. The molecule has 1 aromatic heterocycles. The first-order chi connectivity index (χ1) is 18.0. The Morgan fingerprint density at radius 1 is 0.919 bits per heavy atom. The number of nitrogens with zero attached hydrogens (tertiary/aromatic N) is 4. The number of halogens is 2. The number of carbonyl (C=O) groups excluding carboxylic acids is 1. The van der Waals surface area contributed by atoms with Crippen molar-refractivity contribution in [2.75, 3.05) is 44.2 Å². The van der Waals surface area contributed by atoms with Gasteiger partial charge in [0.15, 0.2) is 0 Å². The monoisotopic (exact) mass is 539 g/mol. The van der Waals surface area contributed by atoms with Gasteiger partial charge in [0.05, 0.1) is 10.6 Å². The van der Waals surface area contributed by atoms with E-state index in [4.69, 9.17) is 23.2 Å². The highest BCUT2D eigenvalue weighted by molar-refractivity contribution is 6.33. The van der Waals surface area contributed by atoms with Crippen molar-refractivity contribution in [1.82, 2.24) is 20.1 Å². The fraction of sp³-hybridized carbons (Fsp3) is 0.379. The lowest BCUT2D eigenvalue weighted by Crippen LogP contribution is -2.53. The van der Waals surface area contributed by atoms with Crippen molar-refractivity contribution in [3.05, 3.63) is 93.6 Å². The molecule has 2 aliphatic heterocycles. The van der Waals surface area contributed by atoms with E-state index in [1.54, 1.807) is 12.3 Å². The van der Waals surface area contributed by atoms with Gasteiger partial charge in [0, 0.05) is 58.0 Å². The number of pyridine rings is 1. The van der Waals surface area contributed by atoms with Gasteiger partial charge in [0.1, 0.15) is 5.82 Å². The molecule has 196 valence electrons. The Morgan fingerprint density at radius 3 is 2.30 bits per heavy atom. The fourth-order valence-electron chi connectivity index (χ4n) is 5.26. The van der Waals surface area contributed by atoms with Gasteiger partial charge in [0.2, 0.25) is 0 Å². The van der Waals surface area contributed by atoms with E-state index in [1.807, 2.05) is 42.5 Å². The number of hydrogen-bond acceptors (Lipinski definition) is 5. The molecule has 0 aliphatic carbocycles. The molecule has 3 aromatic rings. The zero-order valence-electron chi connectivity index (χ0n) is 21.0. The lowest BCUT2D eigenvalue weighted by molar-refractivity contribution is 0.0950. The standard InChI is InChI=1S/C29H33Cl2N5O.H2/c30-25-8-6-23(7-9-25)21-34-12-10-26(11-13-34)35-14-16-36(17-15-35)28-27(31)18-24(20-32-28)29(37)33-19-22-4-2-1-3-5-22;/h1-9,18,20,26H,10-17,19,21H2,(H,33,37);1H. The third-order valence-electron chi connectivity index (χ3n) is 7.39. The van der Waals surface area contributed by atoms with Crippen LogP contribution in [0.25, 0.3) is 0 Å². The minimum Gasteiger partial charge on any atom is -0.353 e. The second-order valence-electron chi connectivity index (χ2n) is 9.85. The zero-order chi connectivity index (χ0) is 25.6. The van der Waals surface area contributed by atoms with Crippen molar-refractivity contribution in [3.8, 4) is 0 Å². The molecule has 37 heavy (non-hydrogen) atoms. The van der Waals surface area contributed by atoms with Gasteiger partial charge in [-0.3, -0.25) is 14.6 Å². The Bertz CT molecular complexity index is 1180. The number of benzene rings is 2. The van der Waals surface area contributed by atoms with Crippen LogP contribution in [-0.4, -0.2) is 66.0 Å². The number of carbonyl (C=O) groups is 1. The number of anilines is 1. The number of hydrogen-bond donors (Lipinski definition) is 1.